The molecule has 13 heavy (non-hydrogen) atoms. The molecule has 0 aromatic rings. The molecule has 2 fully saturated rings. The van der Waals surface area contributed by atoms with Gasteiger partial charge in [-0.05, 0) is 12.8 Å². The highest BCUT2D eigenvalue weighted by Gasteiger charge is 2.31. The molecule has 0 radical (unpaired) electrons. The lowest BCUT2D eigenvalue weighted by molar-refractivity contribution is 0.245. The highest BCUT2D eigenvalue weighted by molar-refractivity contribution is 4.92. The Bertz CT molecular complexity index is 222. The molecule has 0 unspecified atom stereocenters. The zero-order valence-corrected chi connectivity index (χ0v) is 7.82. The van der Waals surface area contributed by atoms with E-state index in [0.717, 1.165) is 39.0 Å². The van der Waals surface area contributed by atoms with Crippen LogP contribution in [-0.4, -0.2) is 48.1 Å². The van der Waals surface area contributed by atoms with Crippen LogP contribution in [0.15, 0.2) is 0 Å². The van der Waals surface area contributed by atoms with Gasteiger partial charge in [0, 0.05) is 38.3 Å². The van der Waals surface area contributed by atoms with Crippen molar-refractivity contribution in [2.24, 2.45) is 5.73 Å². The fraction of sp³-hybridized carbons (Fsp3) is 0.889. The minimum atomic E-state index is 0.358. The molecule has 4 nitrogen and oxygen atoms in total. The number of nitrogens with two attached hydrogens (primary N) is 1. The summed E-state index contributed by atoms with van der Waals surface area (Å²) < 4.78 is 0. The van der Waals surface area contributed by atoms with Crippen molar-refractivity contribution in [1.82, 2.24) is 9.80 Å². The van der Waals surface area contributed by atoms with E-state index in [9.17, 15) is 0 Å². The molecule has 2 aliphatic heterocycles. The van der Waals surface area contributed by atoms with Crippen LogP contribution in [0.2, 0.25) is 0 Å². The highest BCUT2D eigenvalue weighted by atomic mass is 15.3. The molecule has 0 amide bonds. The average Bonchev–Trinajstić information content (AvgIpc) is 2.71. The smallest absolute Gasteiger partial charge is 0.179 e. The summed E-state index contributed by atoms with van der Waals surface area (Å²) >= 11 is 0. The molecule has 2 heterocycles. The zero-order valence-electron chi connectivity index (χ0n) is 7.82. The van der Waals surface area contributed by atoms with E-state index in [2.05, 4.69) is 11.1 Å². The summed E-state index contributed by atoms with van der Waals surface area (Å²) in [7, 11) is 0. The molecule has 2 N–H and O–H groups in total. The first kappa shape index (κ1) is 8.79. The molecule has 4 heteroatoms. The second-order valence-corrected chi connectivity index (χ2v) is 4.03. The van der Waals surface area contributed by atoms with Crippen molar-refractivity contribution in [2.45, 2.75) is 24.9 Å². The predicted molar refractivity (Wildman–Crippen MR) is 49.8 cm³/mol. The lowest BCUT2D eigenvalue weighted by Gasteiger charge is -2.22. The van der Waals surface area contributed by atoms with Crippen LogP contribution in [0, 0.1) is 11.5 Å². The van der Waals surface area contributed by atoms with Gasteiger partial charge in [-0.3, -0.25) is 4.90 Å². The van der Waals surface area contributed by atoms with Gasteiger partial charge in [-0.15, -0.1) is 0 Å². The Kier molecular flexibility index (Phi) is 2.38. The lowest BCUT2D eigenvalue weighted by Crippen LogP contribution is -2.37. The van der Waals surface area contributed by atoms with Crippen LogP contribution in [0.25, 0.3) is 0 Å². The largest absolute Gasteiger partial charge is 0.326 e. The van der Waals surface area contributed by atoms with Crippen molar-refractivity contribution in [3.05, 3.63) is 0 Å². The molecule has 0 spiro atoms. The predicted octanol–water partition coefficient (Wildman–Crippen LogP) is -0.425. The maximum Gasteiger partial charge on any atom is 0.179 e. The molecule has 2 rings (SSSR count). The molecule has 2 aliphatic rings. The van der Waals surface area contributed by atoms with Crippen LogP contribution < -0.4 is 5.73 Å². The lowest BCUT2D eigenvalue weighted by atomic mass is 10.2. The molecule has 72 valence electrons. The maximum absolute atomic E-state index is 8.71. The Hall–Kier alpha value is -0.790. The van der Waals surface area contributed by atoms with Crippen LogP contribution >= 0.6 is 0 Å². The number of nitrogens with zero attached hydrogens (tertiary/aromatic N) is 3. The van der Waals surface area contributed by atoms with Crippen molar-refractivity contribution >= 4 is 0 Å². The van der Waals surface area contributed by atoms with E-state index in [1.807, 2.05) is 4.90 Å². The second kappa shape index (κ2) is 3.52. The van der Waals surface area contributed by atoms with E-state index in [-0.39, 0.29) is 0 Å². The standard InChI is InChI=1S/C9H16N4/c10-7-12-3-2-9(6-12)13-4-1-8(11)5-13/h8-9H,1-6,11H2/t8-,9-/m0/s1. The molecule has 0 aromatic heterocycles. The van der Waals surface area contributed by atoms with Gasteiger partial charge in [-0.1, -0.05) is 0 Å². The van der Waals surface area contributed by atoms with E-state index in [1.165, 1.54) is 0 Å². The van der Waals surface area contributed by atoms with Gasteiger partial charge in [0.15, 0.2) is 6.19 Å². The summed E-state index contributed by atoms with van der Waals surface area (Å²) in [4.78, 5) is 4.27. The first-order valence-corrected chi connectivity index (χ1v) is 4.94. The van der Waals surface area contributed by atoms with Gasteiger partial charge >= 0.3 is 0 Å². The van der Waals surface area contributed by atoms with Crippen LogP contribution in [0.5, 0.6) is 0 Å². The third-order valence-electron chi connectivity index (χ3n) is 3.08. The van der Waals surface area contributed by atoms with Gasteiger partial charge in [0.2, 0.25) is 0 Å². The van der Waals surface area contributed by atoms with Gasteiger partial charge in [0.25, 0.3) is 0 Å². The minimum Gasteiger partial charge on any atom is -0.326 e. The Labute approximate surface area is 78.9 Å². The third-order valence-corrected chi connectivity index (χ3v) is 3.08. The molecule has 0 saturated carbocycles. The SMILES string of the molecule is N#CN1CC[C@H](N2CC[C@H](N)C2)C1. The molecule has 2 atom stereocenters. The van der Waals surface area contributed by atoms with Crippen molar-refractivity contribution in [3.8, 4) is 6.19 Å². The second-order valence-electron chi connectivity index (χ2n) is 4.03. The van der Waals surface area contributed by atoms with Crippen LogP contribution in [0.1, 0.15) is 12.8 Å². The molecular weight excluding hydrogens is 164 g/mol. The normalized spacial score (nSPS) is 35.2. The molecular formula is C9H16N4. The van der Waals surface area contributed by atoms with Gasteiger partial charge in [-0.25, -0.2) is 0 Å². The van der Waals surface area contributed by atoms with Gasteiger partial charge in [0.05, 0.1) is 0 Å². The van der Waals surface area contributed by atoms with Crippen molar-refractivity contribution in [1.29, 1.82) is 5.26 Å². The zero-order chi connectivity index (χ0) is 9.26. The Balaban J connectivity index is 1.86. The molecule has 0 bridgehead atoms. The van der Waals surface area contributed by atoms with E-state index >= 15 is 0 Å². The van der Waals surface area contributed by atoms with Crippen LogP contribution in [0.3, 0.4) is 0 Å². The highest BCUT2D eigenvalue weighted by Crippen LogP contribution is 2.19. The maximum atomic E-state index is 8.71. The summed E-state index contributed by atoms with van der Waals surface area (Å²) in [6.45, 7) is 3.96. The first-order valence-electron chi connectivity index (χ1n) is 4.94. The first-order chi connectivity index (χ1) is 6.29. The monoisotopic (exact) mass is 180 g/mol. The van der Waals surface area contributed by atoms with E-state index in [0.29, 0.717) is 12.1 Å². The number of hydrogen-bond acceptors (Lipinski definition) is 4. The summed E-state index contributed by atoms with van der Waals surface area (Å²) in [6, 6.07) is 0.935. The number of likely N-dealkylation sites (tertiary alicyclic amines) is 2. The number of nitriles is 1. The summed E-state index contributed by atoms with van der Waals surface area (Å²) in [5, 5.41) is 8.71. The van der Waals surface area contributed by atoms with Crippen molar-refractivity contribution in [3.63, 3.8) is 0 Å². The van der Waals surface area contributed by atoms with Gasteiger partial charge in [-0.2, -0.15) is 5.26 Å². The average molecular weight is 180 g/mol. The van der Waals surface area contributed by atoms with E-state index in [1.54, 1.807) is 0 Å². The summed E-state index contributed by atoms with van der Waals surface area (Å²) in [5.74, 6) is 0. The third kappa shape index (κ3) is 1.77. The van der Waals surface area contributed by atoms with Gasteiger partial charge < -0.3 is 10.6 Å². The van der Waals surface area contributed by atoms with E-state index in [4.69, 9.17) is 11.0 Å². The minimum absolute atomic E-state index is 0.358. The number of rotatable bonds is 1. The summed E-state index contributed by atoms with van der Waals surface area (Å²) in [6.07, 6.45) is 4.44. The molecule has 0 aromatic carbocycles. The Morgan fingerprint density at radius 1 is 1.23 bits per heavy atom. The fourth-order valence-corrected chi connectivity index (χ4v) is 2.28. The molecule has 2 saturated heterocycles. The summed E-state index contributed by atoms with van der Waals surface area (Å²) in [5.41, 5.74) is 5.84. The van der Waals surface area contributed by atoms with Crippen molar-refractivity contribution in [2.75, 3.05) is 26.2 Å². The van der Waals surface area contributed by atoms with Crippen LogP contribution in [-0.2, 0) is 0 Å². The van der Waals surface area contributed by atoms with Crippen LogP contribution in [0.4, 0.5) is 0 Å². The van der Waals surface area contributed by atoms with E-state index < -0.39 is 0 Å². The number of hydrogen-bond donors (Lipinski definition) is 1. The van der Waals surface area contributed by atoms with Gasteiger partial charge in [0.1, 0.15) is 0 Å². The fourth-order valence-electron chi connectivity index (χ4n) is 2.28. The topological polar surface area (TPSA) is 56.3 Å². The Morgan fingerprint density at radius 2 is 2.08 bits per heavy atom. The molecule has 0 aliphatic carbocycles. The quantitative estimate of drug-likeness (QED) is 0.557. The Morgan fingerprint density at radius 3 is 2.62 bits per heavy atom. The van der Waals surface area contributed by atoms with Crippen molar-refractivity contribution < 1.29 is 0 Å².